The van der Waals surface area contributed by atoms with Gasteiger partial charge >= 0.3 is 12.0 Å². The van der Waals surface area contributed by atoms with E-state index in [9.17, 15) is 9.59 Å². The minimum absolute atomic E-state index is 0.347. The highest BCUT2D eigenvalue weighted by molar-refractivity contribution is 5.76. The molecule has 4 N–H and O–H groups in total. The lowest BCUT2D eigenvalue weighted by Gasteiger charge is -2.13. The molecule has 0 bridgehead atoms. The first-order valence-corrected chi connectivity index (χ1v) is 5.41. The van der Waals surface area contributed by atoms with Gasteiger partial charge in [0.25, 0.3) is 0 Å². The third kappa shape index (κ3) is 4.10. The molecule has 2 atom stereocenters. The predicted molar refractivity (Wildman–Crippen MR) is 62.0 cm³/mol. The van der Waals surface area contributed by atoms with Crippen molar-refractivity contribution in [2.24, 2.45) is 0 Å². The van der Waals surface area contributed by atoms with Crippen molar-refractivity contribution in [3.05, 3.63) is 23.7 Å². The molecule has 1 rings (SSSR count). The zero-order valence-corrected chi connectivity index (χ0v) is 10.1. The molecule has 100 valence electrons. The molecule has 0 spiro atoms. The van der Waals surface area contributed by atoms with E-state index < -0.39 is 18.1 Å². The fourth-order valence-electron chi connectivity index (χ4n) is 1.28. The molecule has 2 amide bonds. The van der Waals surface area contributed by atoms with E-state index in [-0.39, 0.29) is 12.6 Å². The Hall–Kier alpha value is -2.02. The van der Waals surface area contributed by atoms with E-state index in [0.717, 1.165) is 5.76 Å². The van der Waals surface area contributed by atoms with Crippen LogP contribution in [0.2, 0.25) is 0 Å². The molecule has 7 nitrogen and oxygen atoms in total. The summed E-state index contributed by atoms with van der Waals surface area (Å²) in [6.45, 7) is 3.16. The van der Waals surface area contributed by atoms with Crippen molar-refractivity contribution in [3.8, 4) is 0 Å². The highest BCUT2D eigenvalue weighted by Gasteiger charge is 2.16. The van der Waals surface area contributed by atoms with Gasteiger partial charge in [-0.25, -0.2) is 9.59 Å². The molecule has 1 aromatic heterocycles. The maximum Gasteiger partial charge on any atom is 0.334 e. The SMILES string of the molecule is Cc1ccc(C(C)NC(=O)NC[C@H](O)C(=O)O)o1. The van der Waals surface area contributed by atoms with Gasteiger partial charge in [-0.2, -0.15) is 0 Å². The Bertz CT molecular complexity index is 429. The van der Waals surface area contributed by atoms with Crippen molar-refractivity contribution >= 4 is 12.0 Å². The summed E-state index contributed by atoms with van der Waals surface area (Å²) in [5.74, 6) is -0.0493. The average molecular weight is 256 g/mol. The molecular formula is C11H16N2O5. The standard InChI is InChI=1S/C11H16N2O5/c1-6-3-4-9(18-6)7(2)13-11(17)12-5-8(14)10(15)16/h3-4,7-8,14H,5H2,1-2H3,(H,15,16)(H2,12,13,17)/t7?,8-/m0/s1. The fourth-order valence-corrected chi connectivity index (χ4v) is 1.28. The van der Waals surface area contributed by atoms with Crippen molar-refractivity contribution < 1.29 is 24.2 Å². The number of urea groups is 1. The number of carboxylic acids is 1. The van der Waals surface area contributed by atoms with Gasteiger partial charge in [0.2, 0.25) is 0 Å². The molecule has 0 aliphatic carbocycles. The van der Waals surface area contributed by atoms with Gasteiger partial charge in [0.05, 0.1) is 12.6 Å². The number of rotatable bonds is 5. The molecule has 1 unspecified atom stereocenters. The molecule has 0 saturated heterocycles. The first-order valence-electron chi connectivity index (χ1n) is 5.41. The number of aliphatic carboxylic acids is 1. The Morgan fingerprint density at radius 3 is 2.61 bits per heavy atom. The van der Waals surface area contributed by atoms with Gasteiger partial charge in [-0.15, -0.1) is 0 Å². The molecule has 1 aromatic rings. The highest BCUT2D eigenvalue weighted by atomic mass is 16.4. The third-order valence-electron chi connectivity index (χ3n) is 2.28. The van der Waals surface area contributed by atoms with Gasteiger partial charge in [0.15, 0.2) is 6.10 Å². The number of furan rings is 1. The lowest BCUT2D eigenvalue weighted by molar-refractivity contribution is -0.146. The van der Waals surface area contributed by atoms with Gasteiger partial charge < -0.3 is 25.3 Å². The van der Waals surface area contributed by atoms with E-state index in [1.54, 1.807) is 26.0 Å². The van der Waals surface area contributed by atoms with Crippen LogP contribution in [0.4, 0.5) is 4.79 Å². The van der Waals surface area contributed by atoms with Crippen LogP contribution in [-0.2, 0) is 4.79 Å². The van der Waals surface area contributed by atoms with Crippen molar-refractivity contribution in [1.82, 2.24) is 10.6 Å². The van der Waals surface area contributed by atoms with Crippen molar-refractivity contribution in [2.75, 3.05) is 6.54 Å². The van der Waals surface area contributed by atoms with Crippen LogP contribution in [0, 0.1) is 6.92 Å². The van der Waals surface area contributed by atoms with Gasteiger partial charge in [0.1, 0.15) is 11.5 Å². The van der Waals surface area contributed by atoms with E-state index in [1.807, 2.05) is 0 Å². The van der Waals surface area contributed by atoms with Gasteiger partial charge in [-0.05, 0) is 26.0 Å². The Labute approximate surface area is 104 Å². The zero-order chi connectivity index (χ0) is 13.7. The van der Waals surface area contributed by atoms with Crippen molar-refractivity contribution in [2.45, 2.75) is 26.0 Å². The molecule has 7 heteroatoms. The summed E-state index contributed by atoms with van der Waals surface area (Å²) in [4.78, 5) is 21.7. The number of hydrogen-bond donors (Lipinski definition) is 4. The Balaban J connectivity index is 2.38. The fraction of sp³-hybridized carbons (Fsp3) is 0.455. The molecule has 0 aromatic carbocycles. The smallest absolute Gasteiger partial charge is 0.334 e. The summed E-state index contributed by atoms with van der Waals surface area (Å²) in [7, 11) is 0. The Morgan fingerprint density at radius 2 is 2.11 bits per heavy atom. The second-order valence-electron chi connectivity index (χ2n) is 3.88. The number of amides is 2. The van der Waals surface area contributed by atoms with Gasteiger partial charge in [-0.1, -0.05) is 0 Å². The number of carboxylic acid groups (broad SMARTS) is 1. The number of carbonyl (C=O) groups excluding carboxylic acids is 1. The maximum absolute atomic E-state index is 11.4. The van der Waals surface area contributed by atoms with E-state index in [0.29, 0.717) is 5.76 Å². The summed E-state index contributed by atoms with van der Waals surface area (Å²) in [6, 6.07) is 2.60. The predicted octanol–water partition coefficient (Wildman–Crippen LogP) is 0.394. The summed E-state index contributed by atoms with van der Waals surface area (Å²) < 4.78 is 5.32. The average Bonchev–Trinajstić information content (AvgIpc) is 2.72. The van der Waals surface area contributed by atoms with Gasteiger partial charge in [0, 0.05) is 0 Å². The first kappa shape index (κ1) is 14.0. The van der Waals surface area contributed by atoms with E-state index in [2.05, 4.69) is 10.6 Å². The molecule has 1 heterocycles. The van der Waals surface area contributed by atoms with Crippen LogP contribution in [-0.4, -0.2) is 34.9 Å². The van der Waals surface area contributed by atoms with E-state index in [4.69, 9.17) is 14.6 Å². The van der Waals surface area contributed by atoms with E-state index >= 15 is 0 Å². The second-order valence-corrected chi connectivity index (χ2v) is 3.88. The minimum atomic E-state index is -1.61. The maximum atomic E-state index is 11.4. The molecule has 0 fully saturated rings. The molecular weight excluding hydrogens is 240 g/mol. The van der Waals surface area contributed by atoms with E-state index in [1.165, 1.54) is 0 Å². The molecule has 0 radical (unpaired) electrons. The number of aliphatic hydroxyl groups excluding tert-OH is 1. The van der Waals surface area contributed by atoms with Crippen LogP contribution in [0.5, 0.6) is 0 Å². The molecule has 18 heavy (non-hydrogen) atoms. The number of carbonyl (C=O) groups is 2. The largest absolute Gasteiger partial charge is 0.479 e. The van der Waals surface area contributed by atoms with Crippen LogP contribution in [0.1, 0.15) is 24.5 Å². The van der Waals surface area contributed by atoms with Gasteiger partial charge in [-0.3, -0.25) is 0 Å². The summed E-state index contributed by atoms with van der Waals surface area (Å²) in [5, 5.41) is 22.2. The van der Waals surface area contributed by atoms with Crippen LogP contribution >= 0.6 is 0 Å². The topological polar surface area (TPSA) is 112 Å². The quantitative estimate of drug-likeness (QED) is 0.609. The lowest BCUT2D eigenvalue weighted by Crippen LogP contribution is -2.42. The molecule has 0 aliphatic heterocycles. The number of nitrogens with one attached hydrogen (secondary N) is 2. The monoisotopic (exact) mass is 256 g/mol. The summed E-state index contributed by atoms with van der Waals surface area (Å²) in [5.41, 5.74) is 0. The van der Waals surface area contributed by atoms with Crippen LogP contribution in [0.3, 0.4) is 0 Å². The molecule has 0 aliphatic rings. The first-order chi connectivity index (χ1) is 8.40. The zero-order valence-electron chi connectivity index (χ0n) is 10.1. The molecule has 0 saturated carbocycles. The van der Waals surface area contributed by atoms with Crippen LogP contribution in [0.15, 0.2) is 16.5 Å². The van der Waals surface area contributed by atoms with Crippen molar-refractivity contribution in [3.63, 3.8) is 0 Å². The second kappa shape index (κ2) is 6.06. The number of aryl methyl sites for hydroxylation is 1. The number of aliphatic hydroxyl groups is 1. The van der Waals surface area contributed by atoms with Crippen molar-refractivity contribution in [1.29, 1.82) is 0 Å². The Morgan fingerprint density at radius 1 is 1.44 bits per heavy atom. The lowest BCUT2D eigenvalue weighted by atomic mass is 10.2. The minimum Gasteiger partial charge on any atom is -0.479 e. The number of hydrogen-bond acceptors (Lipinski definition) is 4. The summed E-state index contributed by atoms with van der Waals surface area (Å²) >= 11 is 0. The van der Waals surface area contributed by atoms with Crippen LogP contribution in [0.25, 0.3) is 0 Å². The normalized spacial score (nSPS) is 13.7. The highest BCUT2D eigenvalue weighted by Crippen LogP contribution is 2.14. The van der Waals surface area contributed by atoms with Crippen LogP contribution < -0.4 is 10.6 Å². The third-order valence-corrected chi connectivity index (χ3v) is 2.28. The summed E-state index contributed by atoms with van der Waals surface area (Å²) in [6.07, 6.45) is -1.61. The Kier molecular flexibility index (Phi) is 4.73.